The van der Waals surface area contributed by atoms with Crippen LogP contribution in [0.2, 0.25) is 20.1 Å². The second-order valence-electron chi connectivity index (χ2n) is 5.72. The van der Waals surface area contributed by atoms with Crippen molar-refractivity contribution in [3.8, 4) is 5.75 Å². The fourth-order valence-corrected chi connectivity index (χ4v) is 3.83. The molecular formula is C19H15Cl4NO3. The van der Waals surface area contributed by atoms with E-state index < -0.39 is 5.97 Å². The standard InChI is InChI=1S/C19H15Cl4NO3/c1-3-27-19(25)16-7-11-15(8-14(22)18(26-2)17(11)23)24(16)9-10-4-5-12(20)13(21)6-10/h4-8H,3,9H2,1-2H3. The summed E-state index contributed by atoms with van der Waals surface area (Å²) in [6.45, 7) is 2.36. The number of ether oxygens (including phenoxy) is 2. The van der Waals surface area contributed by atoms with E-state index in [2.05, 4.69) is 0 Å². The van der Waals surface area contributed by atoms with Gasteiger partial charge in [0.15, 0.2) is 5.75 Å². The molecule has 0 amide bonds. The van der Waals surface area contributed by atoms with Crippen LogP contribution in [0.3, 0.4) is 0 Å². The molecule has 0 unspecified atom stereocenters. The number of carbonyl (C=O) groups excluding carboxylic acids is 1. The van der Waals surface area contributed by atoms with E-state index in [4.69, 9.17) is 55.9 Å². The minimum atomic E-state index is -0.458. The van der Waals surface area contributed by atoms with Crippen LogP contribution in [0.4, 0.5) is 0 Å². The summed E-state index contributed by atoms with van der Waals surface area (Å²) in [6, 6.07) is 8.67. The molecule has 142 valence electrons. The minimum absolute atomic E-state index is 0.255. The second kappa shape index (κ2) is 8.19. The number of esters is 1. The van der Waals surface area contributed by atoms with Crippen LogP contribution in [-0.2, 0) is 11.3 Å². The predicted octanol–water partition coefficient (Wildman–Crippen LogP) is 6.49. The number of hydrogen-bond acceptors (Lipinski definition) is 3. The van der Waals surface area contributed by atoms with E-state index in [0.29, 0.717) is 49.0 Å². The molecule has 4 nitrogen and oxygen atoms in total. The molecule has 0 radical (unpaired) electrons. The van der Waals surface area contributed by atoms with Gasteiger partial charge in [-0.25, -0.2) is 4.79 Å². The Bertz CT molecular complexity index is 1030. The predicted molar refractivity (Wildman–Crippen MR) is 110 cm³/mol. The SMILES string of the molecule is CCOC(=O)c1cc2c(Cl)c(OC)c(Cl)cc2n1Cc1ccc(Cl)c(Cl)c1. The van der Waals surface area contributed by atoms with Crippen molar-refractivity contribution in [2.75, 3.05) is 13.7 Å². The largest absolute Gasteiger partial charge is 0.494 e. The molecule has 3 rings (SSSR count). The molecule has 0 aliphatic rings. The first-order valence-corrected chi connectivity index (χ1v) is 9.54. The first kappa shape index (κ1) is 20.2. The van der Waals surface area contributed by atoms with Crippen LogP contribution in [0.5, 0.6) is 5.75 Å². The molecule has 0 bridgehead atoms. The third-order valence-electron chi connectivity index (χ3n) is 4.07. The number of rotatable bonds is 5. The molecule has 0 N–H and O–H groups in total. The van der Waals surface area contributed by atoms with Gasteiger partial charge < -0.3 is 14.0 Å². The lowest BCUT2D eigenvalue weighted by molar-refractivity contribution is 0.0515. The number of nitrogens with zero attached hydrogens (tertiary/aromatic N) is 1. The van der Waals surface area contributed by atoms with Crippen LogP contribution >= 0.6 is 46.4 Å². The van der Waals surface area contributed by atoms with E-state index in [9.17, 15) is 4.79 Å². The third kappa shape index (κ3) is 3.85. The highest BCUT2D eigenvalue weighted by atomic mass is 35.5. The summed E-state index contributed by atoms with van der Waals surface area (Å²) in [5.74, 6) is -0.104. The van der Waals surface area contributed by atoms with Crippen molar-refractivity contribution in [2.45, 2.75) is 13.5 Å². The maximum absolute atomic E-state index is 12.5. The van der Waals surface area contributed by atoms with Gasteiger partial charge >= 0.3 is 5.97 Å². The second-order valence-corrected chi connectivity index (χ2v) is 7.32. The lowest BCUT2D eigenvalue weighted by Crippen LogP contribution is -2.13. The number of benzene rings is 2. The van der Waals surface area contributed by atoms with Gasteiger partial charge in [0.25, 0.3) is 0 Å². The quantitative estimate of drug-likeness (QED) is 0.420. The molecule has 1 heterocycles. The van der Waals surface area contributed by atoms with Gasteiger partial charge in [-0.15, -0.1) is 0 Å². The topological polar surface area (TPSA) is 40.5 Å². The average molecular weight is 447 g/mol. The zero-order valence-corrected chi connectivity index (χ0v) is 17.5. The Kier molecular flexibility index (Phi) is 6.11. The van der Waals surface area contributed by atoms with E-state index in [-0.39, 0.29) is 6.61 Å². The molecule has 8 heteroatoms. The van der Waals surface area contributed by atoms with Crippen LogP contribution < -0.4 is 4.74 Å². The van der Waals surface area contributed by atoms with Crippen molar-refractivity contribution in [1.82, 2.24) is 4.57 Å². The molecular weight excluding hydrogens is 432 g/mol. The fraction of sp³-hybridized carbons (Fsp3) is 0.211. The number of carbonyl (C=O) groups is 1. The van der Waals surface area contributed by atoms with Gasteiger partial charge in [-0.3, -0.25) is 0 Å². The molecule has 1 aromatic heterocycles. The number of hydrogen-bond donors (Lipinski definition) is 0. The highest BCUT2D eigenvalue weighted by Crippen LogP contribution is 2.40. The number of fused-ring (bicyclic) bond motifs is 1. The first-order valence-electron chi connectivity index (χ1n) is 8.03. The lowest BCUT2D eigenvalue weighted by atomic mass is 10.2. The van der Waals surface area contributed by atoms with Crippen LogP contribution in [0.25, 0.3) is 10.9 Å². The lowest BCUT2D eigenvalue weighted by Gasteiger charge is -2.12. The van der Waals surface area contributed by atoms with Crippen LogP contribution in [0, 0.1) is 0 Å². The van der Waals surface area contributed by atoms with Crippen LogP contribution in [0.1, 0.15) is 23.0 Å². The Morgan fingerprint density at radius 1 is 1.04 bits per heavy atom. The maximum atomic E-state index is 12.5. The fourth-order valence-electron chi connectivity index (χ4n) is 2.86. The summed E-state index contributed by atoms with van der Waals surface area (Å²) < 4.78 is 12.2. The van der Waals surface area contributed by atoms with Gasteiger partial charge in [-0.1, -0.05) is 52.5 Å². The Hall–Kier alpha value is -1.59. The molecule has 3 aromatic rings. The summed E-state index contributed by atoms with van der Waals surface area (Å²) in [5, 5.41) is 2.21. The maximum Gasteiger partial charge on any atom is 0.354 e. The normalized spacial score (nSPS) is 11.0. The Labute approximate surface area is 176 Å². The summed E-state index contributed by atoms with van der Waals surface area (Å²) in [5.41, 5.74) is 1.89. The molecule has 27 heavy (non-hydrogen) atoms. The van der Waals surface area contributed by atoms with Crippen molar-refractivity contribution in [2.24, 2.45) is 0 Å². The Morgan fingerprint density at radius 3 is 2.41 bits per heavy atom. The van der Waals surface area contributed by atoms with E-state index in [0.717, 1.165) is 5.56 Å². The van der Waals surface area contributed by atoms with Gasteiger partial charge in [0.2, 0.25) is 0 Å². The first-order chi connectivity index (χ1) is 12.9. The van der Waals surface area contributed by atoms with Crippen molar-refractivity contribution in [3.63, 3.8) is 0 Å². The highest BCUT2D eigenvalue weighted by Gasteiger charge is 2.22. The van der Waals surface area contributed by atoms with Gasteiger partial charge in [0, 0.05) is 11.9 Å². The van der Waals surface area contributed by atoms with Gasteiger partial charge in [0.1, 0.15) is 5.69 Å². The molecule has 0 aliphatic carbocycles. The van der Waals surface area contributed by atoms with Crippen molar-refractivity contribution in [1.29, 1.82) is 0 Å². The monoisotopic (exact) mass is 445 g/mol. The summed E-state index contributed by atoms with van der Waals surface area (Å²) in [7, 11) is 1.48. The van der Waals surface area contributed by atoms with Crippen molar-refractivity contribution >= 4 is 63.3 Å². The average Bonchev–Trinajstić information content (AvgIpc) is 2.97. The van der Waals surface area contributed by atoms with Crippen molar-refractivity contribution in [3.05, 3.63) is 61.7 Å². The van der Waals surface area contributed by atoms with Gasteiger partial charge in [-0.05, 0) is 36.8 Å². The molecule has 2 aromatic carbocycles. The van der Waals surface area contributed by atoms with Crippen LogP contribution in [-0.4, -0.2) is 24.3 Å². The van der Waals surface area contributed by atoms with Gasteiger partial charge in [-0.2, -0.15) is 0 Å². The molecule has 0 aliphatic heterocycles. The minimum Gasteiger partial charge on any atom is -0.494 e. The highest BCUT2D eigenvalue weighted by molar-refractivity contribution is 6.42. The summed E-state index contributed by atoms with van der Waals surface area (Å²) in [4.78, 5) is 12.5. The van der Waals surface area contributed by atoms with Crippen molar-refractivity contribution < 1.29 is 14.3 Å². The number of halogens is 4. The van der Waals surface area contributed by atoms with Crippen LogP contribution in [0.15, 0.2) is 30.3 Å². The van der Waals surface area contributed by atoms with E-state index in [1.165, 1.54) is 7.11 Å². The zero-order valence-electron chi connectivity index (χ0n) is 14.5. The molecule has 0 saturated heterocycles. The zero-order chi connectivity index (χ0) is 19.7. The molecule has 0 spiro atoms. The Balaban J connectivity index is 2.22. The smallest absolute Gasteiger partial charge is 0.354 e. The molecule has 0 saturated carbocycles. The van der Waals surface area contributed by atoms with E-state index in [1.807, 2.05) is 6.07 Å². The molecule has 0 fully saturated rings. The van der Waals surface area contributed by atoms with Gasteiger partial charge in [0.05, 0.1) is 39.3 Å². The van der Waals surface area contributed by atoms with E-state index >= 15 is 0 Å². The number of aromatic nitrogens is 1. The number of methoxy groups -OCH3 is 1. The summed E-state index contributed by atoms with van der Waals surface area (Å²) >= 11 is 24.9. The van der Waals surface area contributed by atoms with E-state index in [1.54, 1.807) is 35.8 Å². The molecule has 0 atom stereocenters. The third-order valence-corrected chi connectivity index (χ3v) is 5.46. The Morgan fingerprint density at radius 2 is 1.78 bits per heavy atom. The summed E-state index contributed by atoms with van der Waals surface area (Å²) in [6.07, 6.45) is 0.